The van der Waals surface area contributed by atoms with Gasteiger partial charge in [-0.2, -0.15) is 0 Å². The third-order valence-electron chi connectivity index (χ3n) is 3.03. The molecule has 2 rings (SSSR count). The number of amides is 1. The third kappa shape index (κ3) is 2.99. The van der Waals surface area contributed by atoms with Crippen molar-refractivity contribution in [3.63, 3.8) is 0 Å². The first kappa shape index (κ1) is 14.9. The fourth-order valence-corrected chi connectivity index (χ4v) is 2.84. The van der Waals surface area contributed by atoms with Gasteiger partial charge in [0.25, 0.3) is 5.91 Å². The molecular weight excluding hydrogens is 280 g/mol. The molecule has 2 heterocycles. The molecular formula is C13H18N2O4S. The smallest absolute Gasteiger partial charge is 0.328 e. The Hall–Kier alpha value is -1.47. The first-order valence-electron chi connectivity index (χ1n) is 6.38. The SMILES string of the molecule is CC(C)(C)c1ncc(C(=O)N2CCOC[C@@H]2C(=O)O)s1. The van der Waals surface area contributed by atoms with Gasteiger partial charge in [-0.1, -0.05) is 20.8 Å². The van der Waals surface area contributed by atoms with Crippen molar-refractivity contribution in [2.24, 2.45) is 0 Å². The Morgan fingerprint density at radius 1 is 1.50 bits per heavy atom. The monoisotopic (exact) mass is 298 g/mol. The van der Waals surface area contributed by atoms with Gasteiger partial charge in [0.1, 0.15) is 4.88 Å². The predicted octanol–water partition coefficient (Wildman–Crippen LogP) is 1.37. The summed E-state index contributed by atoms with van der Waals surface area (Å²) in [4.78, 5) is 29.7. The van der Waals surface area contributed by atoms with Crippen LogP contribution in [-0.4, -0.2) is 52.7 Å². The lowest BCUT2D eigenvalue weighted by Gasteiger charge is -2.32. The van der Waals surface area contributed by atoms with Gasteiger partial charge in [0.15, 0.2) is 6.04 Å². The van der Waals surface area contributed by atoms with Crippen molar-refractivity contribution in [3.8, 4) is 0 Å². The maximum absolute atomic E-state index is 12.4. The number of aliphatic carboxylic acids is 1. The van der Waals surface area contributed by atoms with Crippen LogP contribution in [0.1, 0.15) is 35.5 Å². The van der Waals surface area contributed by atoms with Gasteiger partial charge in [-0.3, -0.25) is 4.79 Å². The van der Waals surface area contributed by atoms with E-state index in [0.29, 0.717) is 18.0 Å². The molecule has 7 heteroatoms. The molecule has 1 atom stereocenters. The fraction of sp³-hybridized carbons (Fsp3) is 0.615. The molecule has 110 valence electrons. The molecule has 1 amide bonds. The van der Waals surface area contributed by atoms with Crippen LogP contribution in [0.3, 0.4) is 0 Å². The van der Waals surface area contributed by atoms with Gasteiger partial charge in [-0.25, -0.2) is 9.78 Å². The van der Waals surface area contributed by atoms with Crippen LogP contribution in [0.15, 0.2) is 6.20 Å². The lowest BCUT2D eigenvalue weighted by molar-refractivity contribution is -0.147. The lowest BCUT2D eigenvalue weighted by Crippen LogP contribution is -2.52. The van der Waals surface area contributed by atoms with E-state index in [9.17, 15) is 9.59 Å². The van der Waals surface area contributed by atoms with Gasteiger partial charge in [0.05, 0.1) is 24.4 Å². The summed E-state index contributed by atoms with van der Waals surface area (Å²) in [7, 11) is 0. The number of carbonyl (C=O) groups is 2. The van der Waals surface area contributed by atoms with Gasteiger partial charge < -0.3 is 14.7 Å². The van der Waals surface area contributed by atoms with Crippen LogP contribution in [0.2, 0.25) is 0 Å². The molecule has 0 saturated carbocycles. The number of carbonyl (C=O) groups excluding carboxylic acids is 1. The summed E-state index contributed by atoms with van der Waals surface area (Å²) in [5.41, 5.74) is -0.125. The van der Waals surface area contributed by atoms with Crippen LogP contribution in [0.25, 0.3) is 0 Å². The van der Waals surface area contributed by atoms with Gasteiger partial charge >= 0.3 is 5.97 Å². The van der Waals surface area contributed by atoms with Crippen LogP contribution in [0.5, 0.6) is 0 Å². The molecule has 1 aliphatic heterocycles. The van der Waals surface area contributed by atoms with Crippen molar-refractivity contribution in [2.45, 2.75) is 32.2 Å². The summed E-state index contributed by atoms with van der Waals surface area (Å²) in [5.74, 6) is -1.33. The number of ether oxygens (including phenoxy) is 1. The quantitative estimate of drug-likeness (QED) is 0.892. The van der Waals surface area contributed by atoms with E-state index in [0.717, 1.165) is 5.01 Å². The molecule has 0 spiro atoms. The Balaban J connectivity index is 2.21. The Morgan fingerprint density at radius 3 is 2.75 bits per heavy atom. The van der Waals surface area contributed by atoms with Gasteiger partial charge in [0.2, 0.25) is 0 Å². The summed E-state index contributed by atoms with van der Waals surface area (Å²) in [5, 5.41) is 10.0. The van der Waals surface area contributed by atoms with E-state index in [1.807, 2.05) is 20.8 Å². The van der Waals surface area contributed by atoms with E-state index in [-0.39, 0.29) is 17.9 Å². The molecule has 6 nitrogen and oxygen atoms in total. The molecule has 1 aliphatic rings. The van der Waals surface area contributed by atoms with Crippen LogP contribution in [0.4, 0.5) is 0 Å². The highest BCUT2D eigenvalue weighted by Crippen LogP contribution is 2.28. The van der Waals surface area contributed by atoms with Crippen LogP contribution in [-0.2, 0) is 14.9 Å². The van der Waals surface area contributed by atoms with Crippen molar-refractivity contribution in [3.05, 3.63) is 16.1 Å². The van der Waals surface area contributed by atoms with E-state index in [1.165, 1.54) is 22.4 Å². The Bertz CT molecular complexity index is 521. The zero-order valence-corrected chi connectivity index (χ0v) is 12.6. The lowest BCUT2D eigenvalue weighted by atomic mass is 9.98. The number of carboxylic acid groups (broad SMARTS) is 1. The molecule has 1 saturated heterocycles. The maximum atomic E-state index is 12.4. The second-order valence-electron chi connectivity index (χ2n) is 5.71. The Labute approximate surface area is 121 Å². The van der Waals surface area contributed by atoms with Crippen molar-refractivity contribution < 1.29 is 19.4 Å². The molecule has 1 aromatic heterocycles. The molecule has 0 bridgehead atoms. The molecule has 0 aromatic carbocycles. The van der Waals surface area contributed by atoms with Crippen molar-refractivity contribution >= 4 is 23.2 Å². The largest absolute Gasteiger partial charge is 0.480 e. The number of hydrogen-bond donors (Lipinski definition) is 1. The summed E-state index contributed by atoms with van der Waals surface area (Å²) in [6.07, 6.45) is 1.53. The highest BCUT2D eigenvalue weighted by molar-refractivity contribution is 7.13. The predicted molar refractivity (Wildman–Crippen MR) is 74.1 cm³/mol. The maximum Gasteiger partial charge on any atom is 0.328 e. The molecule has 0 radical (unpaired) electrons. The molecule has 1 aromatic rings. The van der Waals surface area contributed by atoms with Gasteiger partial charge in [-0.05, 0) is 0 Å². The van der Waals surface area contributed by atoms with Crippen LogP contribution >= 0.6 is 11.3 Å². The second-order valence-corrected chi connectivity index (χ2v) is 6.74. The molecule has 1 fully saturated rings. The molecule has 1 N–H and O–H groups in total. The van der Waals surface area contributed by atoms with Crippen molar-refractivity contribution in [2.75, 3.05) is 19.8 Å². The van der Waals surface area contributed by atoms with Crippen molar-refractivity contribution in [1.82, 2.24) is 9.88 Å². The van der Waals surface area contributed by atoms with Gasteiger partial charge in [0, 0.05) is 12.0 Å². The number of hydrogen-bond acceptors (Lipinski definition) is 5. The number of carboxylic acids is 1. The molecule has 0 aliphatic carbocycles. The number of thiazole rings is 1. The normalized spacial score (nSPS) is 19.9. The van der Waals surface area contributed by atoms with Gasteiger partial charge in [-0.15, -0.1) is 11.3 Å². The highest BCUT2D eigenvalue weighted by Gasteiger charge is 2.34. The van der Waals surface area contributed by atoms with E-state index < -0.39 is 12.0 Å². The standard InChI is InChI=1S/C13H18N2O4S/c1-13(2,3)12-14-6-9(20-12)10(16)15-4-5-19-7-8(15)11(17)18/h6,8H,4-5,7H2,1-3H3,(H,17,18)/t8-/m1/s1. The second kappa shape index (κ2) is 5.49. The zero-order chi connectivity index (χ0) is 14.9. The zero-order valence-electron chi connectivity index (χ0n) is 11.8. The minimum Gasteiger partial charge on any atom is -0.480 e. The average Bonchev–Trinajstić information content (AvgIpc) is 2.87. The van der Waals surface area contributed by atoms with E-state index in [1.54, 1.807) is 0 Å². The number of morpholine rings is 1. The Morgan fingerprint density at radius 2 is 2.20 bits per heavy atom. The summed E-state index contributed by atoms with van der Waals surface area (Å²) in [6, 6.07) is -0.920. The average molecular weight is 298 g/mol. The topological polar surface area (TPSA) is 79.7 Å². The molecule has 0 unspecified atom stereocenters. The van der Waals surface area contributed by atoms with Crippen LogP contribution < -0.4 is 0 Å². The minimum atomic E-state index is -1.04. The molecule has 20 heavy (non-hydrogen) atoms. The van der Waals surface area contributed by atoms with E-state index >= 15 is 0 Å². The third-order valence-corrected chi connectivity index (χ3v) is 4.44. The van der Waals surface area contributed by atoms with E-state index in [2.05, 4.69) is 4.98 Å². The minimum absolute atomic E-state index is 0.0337. The highest BCUT2D eigenvalue weighted by atomic mass is 32.1. The number of nitrogens with zero attached hydrogens (tertiary/aromatic N) is 2. The van der Waals surface area contributed by atoms with Crippen LogP contribution in [0, 0.1) is 0 Å². The number of rotatable bonds is 2. The summed E-state index contributed by atoms with van der Waals surface area (Å²) < 4.78 is 5.13. The summed E-state index contributed by atoms with van der Waals surface area (Å²) >= 11 is 1.32. The Kier molecular flexibility index (Phi) is 4.10. The summed E-state index contributed by atoms with van der Waals surface area (Å²) in [6.45, 7) is 6.75. The fourth-order valence-electron chi connectivity index (χ4n) is 1.91. The first-order valence-corrected chi connectivity index (χ1v) is 7.20. The van der Waals surface area contributed by atoms with E-state index in [4.69, 9.17) is 9.84 Å². The van der Waals surface area contributed by atoms with Crippen molar-refractivity contribution in [1.29, 1.82) is 0 Å². The first-order chi connectivity index (χ1) is 9.30. The number of aromatic nitrogens is 1.